The van der Waals surface area contributed by atoms with Gasteiger partial charge < -0.3 is 16.0 Å². The molecule has 1 aliphatic heterocycles. The van der Waals surface area contributed by atoms with Crippen LogP contribution in [0.15, 0.2) is 35.0 Å². The predicted octanol–water partition coefficient (Wildman–Crippen LogP) is 2.20. The normalized spacial score (nSPS) is 19.4. The summed E-state index contributed by atoms with van der Waals surface area (Å²) in [5, 5.41) is 13.3. The highest BCUT2D eigenvalue weighted by Gasteiger charge is 2.42. The first-order valence-corrected chi connectivity index (χ1v) is 10.7. The van der Waals surface area contributed by atoms with Crippen LogP contribution in [-0.2, 0) is 22.4 Å². The monoisotopic (exact) mass is 391 g/mol. The van der Waals surface area contributed by atoms with Crippen LogP contribution in [0.2, 0.25) is 0 Å². The molecule has 2 aromatic rings. The molecular formula is C19H25N3O2S2. The van der Waals surface area contributed by atoms with E-state index < -0.39 is 5.41 Å². The minimum atomic E-state index is -0.623. The Hall–Kier alpha value is -1.70. The summed E-state index contributed by atoms with van der Waals surface area (Å²) in [7, 11) is 0. The lowest BCUT2D eigenvalue weighted by molar-refractivity contribution is -0.135. The largest absolute Gasteiger partial charge is 0.356 e. The van der Waals surface area contributed by atoms with E-state index in [0.29, 0.717) is 26.1 Å². The van der Waals surface area contributed by atoms with Gasteiger partial charge in [-0.15, -0.1) is 22.7 Å². The van der Waals surface area contributed by atoms with E-state index in [4.69, 9.17) is 0 Å². The van der Waals surface area contributed by atoms with Gasteiger partial charge in [-0.05, 0) is 48.7 Å². The van der Waals surface area contributed by atoms with E-state index >= 15 is 0 Å². The van der Waals surface area contributed by atoms with Crippen LogP contribution in [0.1, 0.15) is 22.6 Å². The van der Waals surface area contributed by atoms with E-state index in [0.717, 1.165) is 19.4 Å². The summed E-state index contributed by atoms with van der Waals surface area (Å²) >= 11 is 3.39. The van der Waals surface area contributed by atoms with Gasteiger partial charge in [-0.2, -0.15) is 0 Å². The van der Waals surface area contributed by atoms with Crippen molar-refractivity contribution in [3.05, 3.63) is 44.8 Å². The minimum absolute atomic E-state index is 0.00698. The lowest BCUT2D eigenvalue weighted by Gasteiger charge is -2.26. The first-order valence-electron chi connectivity index (χ1n) is 8.98. The fraction of sp³-hybridized carbons (Fsp3) is 0.474. The molecule has 3 N–H and O–H groups in total. The third kappa shape index (κ3) is 5.16. The lowest BCUT2D eigenvalue weighted by Crippen LogP contribution is -2.46. The van der Waals surface area contributed by atoms with Crippen LogP contribution in [0.5, 0.6) is 0 Å². The van der Waals surface area contributed by atoms with Gasteiger partial charge in [-0.25, -0.2) is 0 Å². The van der Waals surface area contributed by atoms with Crippen LogP contribution < -0.4 is 16.0 Å². The highest BCUT2D eigenvalue weighted by molar-refractivity contribution is 7.10. The van der Waals surface area contributed by atoms with Gasteiger partial charge in [0.25, 0.3) is 0 Å². The number of thiophene rings is 2. The molecule has 0 aliphatic carbocycles. The van der Waals surface area contributed by atoms with Gasteiger partial charge in [-0.1, -0.05) is 12.1 Å². The zero-order chi connectivity index (χ0) is 18.2. The maximum absolute atomic E-state index is 12.8. The zero-order valence-electron chi connectivity index (χ0n) is 14.8. The van der Waals surface area contributed by atoms with Gasteiger partial charge in [-0.3, -0.25) is 9.59 Å². The fourth-order valence-electron chi connectivity index (χ4n) is 3.26. The van der Waals surface area contributed by atoms with E-state index in [-0.39, 0.29) is 18.2 Å². The molecular weight excluding hydrogens is 366 g/mol. The van der Waals surface area contributed by atoms with Gasteiger partial charge in [0, 0.05) is 35.8 Å². The summed E-state index contributed by atoms with van der Waals surface area (Å²) in [6.07, 6.45) is 2.62. The van der Waals surface area contributed by atoms with Gasteiger partial charge in [0.15, 0.2) is 0 Å². The SMILES string of the molecule is O=C(CC1(C(=O)NCCc2cccs2)CCNC1)NCCc1cccs1. The van der Waals surface area contributed by atoms with Gasteiger partial charge in [0.1, 0.15) is 0 Å². The molecule has 0 bridgehead atoms. The molecule has 1 fully saturated rings. The molecule has 1 unspecified atom stereocenters. The number of amides is 2. The number of carbonyl (C=O) groups is 2. The highest BCUT2D eigenvalue weighted by Crippen LogP contribution is 2.30. The first-order chi connectivity index (χ1) is 12.7. The van der Waals surface area contributed by atoms with Crippen molar-refractivity contribution < 1.29 is 9.59 Å². The molecule has 0 radical (unpaired) electrons. The van der Waals surface area contributed by atoms with Crippen LogP contribution >= 0.6 is 22.7 Å². The topological polar surface area (TPSA) is 70.2 Å². The maximum atomic E-state index is 12.8. The highest BCUT2D eigenvalue weighted by atomic mass is 32.1. The molecule has 1 saturated heterocycles. The third-order valence-corrected chi connectivity index (χ3v) is 6.61. The smallest absolute Gasteiger partial charge is 0.228 e. The summed E-state index contributed by atoms with van der Waals surface area (Å²) in [6, 6.07) is 8.18. The van der Waals surface area contributed by atoms with Crippen LogP contribution in [0.3, 0.4) is 0 Å². The molecule has 7 heteroatoms. The van der Waals surface area contributed by atoms with E-state index in [2.05, 4.69) is 28.1 Å². The zero-order valence-corrected chi connectivity index (χ0v) is 16.4. The summed E-state index contributed by atoms with van der Waals surface area (Å²) in [6.45, 7) is 2.57. The van der Waals surface area contributed by atoms with Crippen molar-refractivity contribution in [2.75, 3.05) is 26.2 Å². The van der Waals surface area contributed by atoms with Gasteiger partial charge in [0.2, 0.25) is 11.8 Å². The number of hydrogen-bond donors (Lipinski definition) is 3. The summed E-state index contributed by atoms with van der Waals surface area (Å²) in [4.78, 5) is 27.7. The summed E-state index contributed by atoms with van der Waals surface area (Å²) in [5.74, 6) is -0.0499. The molecule has 0 spiro atoms. The first kappa shape index (κ1) is 19.1. The summed E-state index contributed by atoms with van der Waals surface area (Å²) < 4.78 is 0. The molecule has 2 amide bonds. The van der Waals surface area contributed by atoms with Crippen molar-refractivity contribution in [2.45, 2.75) is 25.7 Å². The fourth-order valence-corrected chi connectivity index (χ4v) is 4.68. The summed E-state index contributed by atoms with van der Waals surface area (Å²) in [5.41, 5.74) is -0.623. The molecule has 0 saturated carbocycles. The molecule has 1 atom stereocenters. The Morgan fingerprint density at radius 2 is 1.69 bits per heavy atom. The second-order valence-electron chi connectivity index (χ2n) is 6.65. The van der Waals surface area contributed by atoms with E-state index in [1.807, 2.05) is 22.9 Å². The molecule has 2 aromatic heterocycles. The minimum Gasteiger partial charge on any atom is -0.356 e. The molecule has 26 heavy (non-hydrogen) atoms. The van der Waals surface area contributed by atoms with Crippen molar-refractivity contribution >= 4 is 34.5 Å². The Balaban J connectivity index is 1.46. The Labute approximate surface area is 162 Å². The standard InChI is InChI=1S/C19H25N3O2S2/c23-17(21-8-5-15-3-1-11-25-15)13-19(7-10-20-14-19)18(24)22-9-6-16-4-2-12-26-16/h1-4,11-12,20H,5-10,13-14H2,(H,21,23)(H,22,24). The Kier molecular flexibility index (Phi) is 6.82. The molecule has 1 aliphatic rings. The quantitative estimate of drug-likeness (QED) is 0.614. The number of hydrogen-bond acceptors (Lipinski definition) is 5. The second kappa shape index (κ2) is 9.30. The van der Waals surface area contributed by atoms with Crippen molar-refractivity contribution in [1.29, 1.82) is 0 Å². The van der Waals surface area contributed by atoms with E-state index in [1.165, 1.54) is 9.75 Å². The van der Waals surface area contributed by atoms with Crippen LogP contribution in [0.4, 0.5) is 0 Å². The Bertz CT molecular complexity index is 692. The Morgan fingerprint density at radius 3 is 2.23 bits per heavy atom. The lowest BCUT2D eigenvalue weighted by atomic mass is 9.82. The molecule has 0 aromatic carbocycles. The maximum Gasteiger partial charge on any atom is 0.228 e. The van der Waals surface area contributed by atoms with Crippen molar-refractivity contribution in [2.24, 2.45) is 5.41 Å². The number of carbonyl (C=O) groups excluding carboxylic acids is 2. The predicted molar refractivity (Wildman–Crippen MR) is 107 cm³/mol. The van der Waals surface area contributed by atoms with Crippen molar-refractivity contribution in [1.82, 2.24) is 16.0 Å². The molecule has 3 heterocycles. The number of rotatable bonds is 9. The van der Waals surface area contributed by atoms with Crippen molar-refractivity contribution in [3.63, 3.8) is 0 Å². The van der Waals surface area contributed by atoms with Crippen molar-refractivity contribution in [3.8, 4) is 0 Å². The van der Waals surface area contributed by atoms with E-state index in [1.54, 1.807) is 22.7 Å². The van der Waals surface area contributed by atoms with Crippen LogP contribution in [-0.4, -0.2) is 38.0 Å². The van der Waals surface area contributed by atoms with Gasteiger partial charge >= 0.3 is 0 Å². The molecule has 3 rings (SSSR count). The van der Waals surface area contributed by atoms with Crippen LogP contribution in [0.25, 0.3) is 0 Å². The second-order valence-corrected chi connectivity index (χ2v) is 8.71. The number of nitrogens with one attached hydrogen (secondary N) is 3. The Morgan fingerprint density at radius 1 is 1.04 bits per heavy atom. The van der Waals surface area contributed by atoms with Crippen LogP contribution in [0, 0.1) is 5.41 Å². The average Bonchev–Trinajstić information content (AvgIpc) is 3.38. The van der Waals surface area contributed by atoms with E-state index in [9.17, 15) is 9.59 Å². The molecule has 5 nitrogen and oxygen atoms in total. The molecule has 140 valence electrons. The van der Waals surface area contributed by atoms with Gasteiger partial charge in [0.05, 0.1) is 5.41 Å². The third-order valence-electron chi connectivity index (χ3n) is 4.74. The average molecular weight is 392 g/mol.